The van der Waals surface area contributed by atoms with Crippen LogP contribution in [0.5, 0.6) is 11.5 Å². The highest BCUT2D eigenvalue weighted by Crippen LogP contribution is 2.27. The molecule has 1 fully saturated rings. The Balaban J connectivity index is 1.41. The van der Waals surface area contributed by atoms with E-state index in [1.165, 1.54) is 26.4 Å². The number of methoxy groups -OCH3 is 2. The number of nitrogens with one attached hydrogen (secondary N) is 1. The van der Waals surface area contributed by atoms with E-state index in [-0.39, 0.29) is 23.4 Å². The molecule has 0 unspecified atom stereocenters. The maximum atomic E-state index is 13.0. The van der Waals surface area contributed by atoms with Gasteiger partial charge < -0.3 is 19.7 Å². The number of aromatic nitrogens is 2. The number of benzene rings is 2. The first-order valence-electron chi connectivity index (χ1n) is 11.4. The topological polar surface area (TPSA) is 129 Å². The number of anilines is 1. The number of likely N-dealkylation sites (tertiary alicyclic amines) is 1. The minimum atomic E-state index is -0.470. The molecule has 0 radical (unpaired) electrons. The number of amides is 2. The van der Waals surface area contributed by atoms with Crippen molar-refractivity contribution in [3.63, 3.8) is 0 Å². The summed E-state index contributed by atoms with van der Waals surface area (Å²) >= 11 is 0. The summed E-state index contributed by atoms with van der Waals surface area (Å²) in [6, 6.07) is 12.7. The molecule has 0 saturated carbocycles. The predicted octanol–water partition coefficient (Wildman–Crippen LogP) is 3.60. The summed E-state index contributed by atoms with van der Waals surface area (Å²) in [5, 5.41) is 18.3. The Morgan fingerprint density at radius 1 is 1.03 bits per heavy atom. The van der Waals surface area contributed by atoms with Gasteiger partial charge in [0.1, 0.15) is 17.3 Å². The molecule has 188 valence electrons. The zero-order valence-electron chi connectivity index (χ0n) is 20.3. The van der Waals surface area contributed by atoms with Gasteiger partial charge in [0.25, 0.3) is 11.6 Å². The van der Waals surface area contributed by atoms with Crippen molar-refractivity contribution in [1.29, 1.82) is 0 Å². The number of non-ortho nitro benzene ring substituents is 1. The lowest BCUT2D eigenvalue weighted by atomic mass is 9.95. The van der Waals surface area contributed by atoms with Gasteiger partial charge in [-0.15, -0.1) is 0 Å². The number of nitro groups is 1. The smallest absolute Gasteiger partial charge is 0.269 e. The number of hydrogen-bond acceptors (Lipinski definition) is 7. The average molecular weight is 494 g/mol. The zero-order valence-corrected chi connectivity index (χ0v) is 20.3. The quantitative estimate of drug-likeness (QED) is 0.393. The molecule has 11 nitrogen and oxygen atoms in total. The number of carbonyl (C=O) groups excluding carboxylic acids is 2. The van der Waals surface area contributed by atoms with Crippen LogP contribution >= 0.6 is 0 Å². The van der Waals surface area contributed by atoms with Crippen LogP contribution in [0.4, 0.5) is 11.5 Å². The van der Waals surface area contributed by atoms with Crippen molar-refractivity contribution >= 4 is 23.3 Å². The maximum absolute atomic E-state index is 13.0. The summed E-state index contributed by atoms with van der Waals surface area (Å²) < 4.78 is 12.1. The highest BCUT2D eigenvalue weighted by atomic mass is 16.6. The average Bonchev–Trinajstić information content (AvgIpc) is 3.27. The molecule has 11 heteroatoms. The van der Waals surface area contributed by atoms with Gasteiger partial charge in [0, 0.05) is 48.8 Å². The molecule has 1 aromatic heterocycles. The van der Waals surface area contributed by atoms with E-state index >= 15 is 0 Å². The first-order chi connectivity index (χ1) is 17.3. The number of nitrogens with zero attached hydrogens (tertiary/aromatic N) is 4. The summed E-state index contributed by atoms with van der Waals surface area (Å²) in [6.45, 7) is 2.68. The van der Waals surface area contributed by atoms with E-state index in [0.717, 1.165) is 0 Å². The third kappa shape index (κ3) is 5.29. The van der Waals surface area contributed by atoms with Crippen molar-refractivity contribution in [2.45, 2.75) is 19.8 Å². The minimum Gasteiger partial charge on any atom is -0.497 e. The van der Waals surface area contributed by atoms with Gasteiger partial charge in [-0.25, -0.2) is 4.68 Å². The van der Waals surface area contributed by atoms with E-state index in [4.69, 9.17) is 9.47 Å². The lowest BCUT2D eigenvalue weighted by molar-refractivity contribution is -0.384. The van der Waals surface area contributed by atoms with Gasteiger partial charge in [0.2, 0.25) is 5.91 Å². The fourth-order valence-corrected chi connectivity index (χ4v) is 4.19. The third-order valence-electron chi connectivity index (χ3n) is 6.14. The lowest BCUT2D eigenvalue weighted by Gasteiger charge is -2.31. The van der Waals surface area contributed by atoms with E-state index in [0.29, 0.717) is 60.2 Å². The molecule has 3 aromatic rings. The second-order valence-corrected chi connectivity index (χ2v) is 8.51. The van der Waals surface area contributed by atoms with Crippen LogP contribution in [0.3, 0.4) is 0 Å². The first-order valence-corrected chi connectivity index (χ1v) is 11.4. The molecule has 0 bridgehead atoms. The second kappa shape index (κ2) is 10.5. The highest BCUT2D eigenvalue weighted by molar-refractivity contribution is 5.96. The molecule has 4 rings (SSSR count). The number of aryl methyl sites for hydroxylation is 1. The summed E-state index contributed by atoms with van der Waals surface area (Å²) in [4.78, 5) is 38.3. The Labute approximate surface area is 207 Å². The van der Waals surface area contributed by atoms with Crippen LogP contribution in [0.2, 0.25) is 0 Å². The Hall–Kier alpha value is -4.41. The minimum absolute atomic E-state index is 0.0260. The van der Waals surface area contributed by atoms with Crippen molar-refractivity contribution in [2.75, 3.05) is 32.6 Å². The number of nitro benzene ring substituents is 1. The standard InChI is InChI=1S/C25H27N5O6/c1-16-12-23(29(27-16)19-4-6-20(7-5-19)30(33)34)26-24(31)17-8-10-28(11-9-17)25(32)18-13-21(35-2)15-22(14-18)36-3/h4-7,12-15,17H,8-11H2,1-3H3,(H,26,31). The van der Waals surface area contributed by atoms with E-state index in [2.05, 4.69) is 10.4 Å². The zero-order chi connectivity index (χ0) is 25.8. The van der Waals surface area contributed by atoms with Crippen LogP contribution in [0.1, 0.15) is 28.9 Å². The van der Waals surface area contributed by atoms with Gasteiger partial charge in [-0.2, -0.15) is 5.10 Å². The van der Waals surface area contributed by atoms with Gasteiger partial charge in [-0.3, -0.25) is 19.7 Å². The third-order valence-corrected chi connectivity index (χ3v) is 6.14. The van der Waals surface area contributed by atoms with E-state index in [1.807, 2.05) is 0 Å². The molecule has 0 aliphatic carbocycles. The summed E-state index contributed by atoms with van der Waals surface area (Å²) in [5.41, 5.74) is 1.73. The Morgan fingerprint density at radius 3 is 2.19 bits per heavy atom. The molecule has 1 aliphatic rings. The highest BCUT2D eigenvalue weighted by Gasteiger charge is 2.29. The van der Waals surface area contributed by atoms with Crippen molar-refractivity contribution in [3.05, 3.63) is 69.9 Å². The molecular formula is C25H27N5O6. The molecule has 2 amide bonds. The summed E-state index contributed by atoms with van der Waals surface area (Å²) in [7, 11) is 3.06. The van der Waals surface area contributed by atoms with Gasteiger partial charge in [-0.1, -0.05) is 0 Å². The number of carbonyl (C=O) groups is 2. The van der Waals surface area contributed by atoms with Crippen molar-refractivity contribution < 1.29 is 24.0 Å². The molecule has 2 heterocycles. The second-order valence-electron chi connectivity index (χ2n) is 8.51. The normalized spacial score (nSPS) is 13.8. The van der Waals surface area contributed by atoms with Crippen molar-refractivity contribution in [3.8, 4) is 17.2 Å². The summed E-state index contributed by atoms with van der Waals surface area (Å²) in [6.07, 6.45) is 1.03. The van der Waals surface area contributed by atoms with Crippen LogP contribution in [0.15, 0.2) is 48.5 Å². The molecule has 0 atom stereocenters. The molecular weight excluding hydrogens is 466 g/mol. The molecule has 1 aliphatic heterocycles. The predicted molar refractivity (Wildman–Crippen MR) is 132 cm³/mol. The molecule has 0 spiro atoms. The largest absolute Gasteiger partial charge is 0.497 e. The lowest BCUT2D eigenvalue weighted by Crippen LogP contribution is -2.41. The fraction of sp³-hybridized carbons (Fsp3) is 0.320. The van der Waals surface area contributed by atoms with Crippen LogP contribution in [-0.4, -0.2) is 58.7 Å². The van der Waals surface area contributed by atoms with Gasteiger partial charge >= 0.3 is 0 Å². The van der Waals surface area contributed by atoms with Crippen LogP contribution < -0.4 is 14.8 Å². The number of piperidine rings is 1. The van der Waals surface area contributed by atoms with E-state index in [1.54, 1.807) is 52.9 Å². The van der Waals surface area contributed by atoms with Crippen LogP contribution in [-0.2, 0) is 4.79 Å². The summed E-state index contributed by atoms with van der Waals surface area (Å²) in [5.74, 6) is 0.979. The van der Waals surface area contributed by atoms with Gasteiger partial charge in [0.05, 0.1) is 30.5 Å². The van der Waals surface area contributed by atoms with Gasteiger partial charge in [0.15, 0.2) is 0 Å². The van der Waals surface area contributed by atoms with Crippen LogP contribution in [0.25, 0.3) is 5.69 Å². The molecule has 1 saturated heterocycles. The Bertz CT molecular complexity index is 1260. The monoisotopic (exact) mass is 493 g/mol. The number of hydrogen-bond donors (Lipinski definition) is 1. The van der Waals surface area contributed by atoms with Gasteiger partial charge in [-0.05, 0) is 44.0 Å². The Morgan fingerprint density at radius 2 is 1.64 bits per heavy atom. The van der Waals surface area contributed by atoms with E-state index < -0.39 is 4.92 Å². The molecule has 1 N–H and O–H groups in total. The maximum Gasteiger partial charge on any atom is 0.269 e. The number of rotatable bonds is 7. The fourth-order valence-electron chi connectivity index (χ4n) is 4.19. The Kier molecular flexibility index (Phi) is 7.18. The molecule has 2 aromatic carbocycles. The molecule has 36 heavy (non-hydrogen) atoms. The first kappa shape index (κ1) is 24.7. The SMILES string of the molecule is COc1cc(OC)cc(C(=O)N2CCC(C(=O)Nc3cc(C)nn3-c3ccc([N+](=O)[O-])cc3)CC2)c1. The number of ether oxygens (including phenoxy) is 2. The van der Waals surface area contributed by atoms with Crippen LogP contribution in [0, 0.1) is 23.0 Å². The van der Waals surface area contributed by atoms with Crippen molar-refractivity contribution in [1.82, 2.24) is 14.7 Å². The van der Waals surface area contributed by atoms with Crippen molar-refractivity contribution in [2.24, 2.45) is 5.92 Å². The van der Waals surface area contributed by atoms with E-state index in [9.17, 15) is 19.7 Å².